The molecule has 104 valence electrons. The molecule has 2 aromatic carbocycles. The number of anilines is 2. The van der Waals surface area contributed by atoms with Crippen molar-refractivity contribution in [2.75, 3.05) is 37.5 Å². The van der Waals surface area contributed by atoms with Crippen LogP contribution in [0, 0.1) is 0 Å². The summed E-state index contributed by atoms with van der Waals surface area (Å²) in [6, 6.07) is 16.8. The first-order chi connectivity index (χ1) is 9.74. The predicted molar refractivity (Wildman–Crippen MR) is 83.9 cm³/mol. The fraction of sp³-hybridized carbons (Fsp3) is 0.294. The standard InChI is InChI=1S/C17H20N2O/c1-19(2)15-7-5-6-14(10-15)18-11-13-12-20-17-9-4-3-8-16(13)17/h3-10,13,18H,11-12H2,1-2H3. The quantitative estimate of drug-likeness (QED) is 0.920. The van der Waals surface area contributed by atoms with Crippen molar-refractivity contribution in [3.63, 3.8) is 0 Å². The van der Waals surface area contributed by atoms with Crippen LogP contribution in [0.25, 0.3) is 0 Å². The predicted octanol–water partition coefficient (Wildman–Crippen LogP) is 3.34. The molecule has 20 heavy (non-hydrogen) atoms. The van der Waals surface area contributed by atoms with Gasteiger partial charge in [0.05, 0.1) is 6.61 Å². The smallest absolute Gasteiger partial charge is 0.122 e. The molecule has 0 fully saturated rings. The number of nitrogens with one attached hydrogen (secondary N) is 1. The van der Waals surface area contributed by atoms with Gasteiger partial charge in [0.25, 0.3) is 0 Å². The lowest BCUT2D eigenvalue weighted by atomic mass is 10.0. The van der Waals surface area contributed by atoms with Gasteiger partial charge in [-0.15, -0.1) is 0 Å². The average Bonchev–Trinajstić information content (AvgIpc) is 2.89. The van der Waals surface area contributed by atoms with Crippen molar-refractivity contribution < 1.29 is 4.74 Å². The summed E-state index contributed by atoms with van der Waals surface area (Å²) in [6.45, 7) is 1.66. The third kappa shape index (κ3) is 2.57. The maximum atomic E-state index is 5.71. The van der Waals surface area contributed by atoms with Crippen LogP contribution in [0.5, 0.6) is 5.75 Å². The zero-order valence-electron chi connectivity index (χ0n) is 12.0. The van der Waals surface area contributed by atoms with Crippen LogP contribution in [0.15, 0.2) is 48.5 Å². The zero-order valence-corrected chi connectivity index (χ0v) is 12.0. The number of ether oxygens (including phenoxy) is 1. The van der Waals surface area contributed by atoms with Gasteiger partial charge in [-0.3, -0.25) is 0 Å². The maximum Gasteiger partial charge on any atom is 0.122 e. The topological polar surface area (TPSA) is 24.5 Å². The summed E-state index contributed by atoms with van der Waals surface area (Å²) in [5.74, 6) is 1.45. The van der Waals surface area contributed by atoms with Gasteiger partial charge in [0.1, 0.15) is 5.75 Å². The molecular weight excluding hydrogens is 248 g/mol. The SMILES string of the molecule is CN(C)c1cccc(NCC2COc3ccccc32)c1. The first-order valence-electron chi connectivity index (χ1n) is 6.97. The monoisotopic (exact) mass is 268 g/mol. The molecule has 1 heterocycles. The Kier molecular flexibility index (Phi) is 3.50. The van der Waals surface area contributed by atoms with E-state index >= 15 is 0 Å². The molecule has 1 aliphatic rings. The Morgan fingerprint density at radius 3 is 2.85 bits per heavy atom. The Morgan fingerprint density at radius 1 is 1.15 bits per heavy atom. The molecule has 0 aliphatic carbocycles. The second-order valence-corrected chi connectivity index (χ2v) is 5.37. The third-order valence-corrected chi connectivity index (χ3v) is 3.71. The molecule has 3 heteroatoms. The maximum absolute atomic E-state index is 5.71. The van der Waals surface area contributed by atoms with Gasteiger partial charge in [-0.1, -0.05) is 24.3 Å². The van der Waals surface area contributed by atoms with Crippen molar-refractivity contribution in [1.82, 2.24) is 0 Å². The number of hydrogen-bond acceptors (Lipinski definition) is 3. The van der Waals surface area contributed by atoms with Crippen molar-refractivity contribution in [2.24, 2.45) is 0 Å². The van der Waals surface area contributed by atoms with Crippen molar-refractivity contribution in [1.29, 1.82) is 0 Å². The number of benzene rings is 2. The normalized spacial score (nSPS) is 16.4. The van der Waals surface area contributed by atoms with Crippen LogP contribution >= 0.6 is 0 Å². The minimum atomic E-state index is 0.425. The van der Waals surface area contributed by atoms with Gasteiger partial charge < -0.3 is 15.0 Å². The van der Waals surface area contributed by atoms with Crippen LogP contribution in [0.4, 0.5) is 11.4 Å². The summed E-state index contributed by atoms with van der Waals surface area (Å²) in [6.07, 6.45) is 0. The molecule has 3 nitrogen and oxygen atoms in total. The van der Waals surface area contributed by atoms with E-state index in [-0.39, 0.29) is 0 Å². The van der Waals surface area contributed by atoms with Crippen molar-refractivity contribution in [3.8, 4) is 5.75 Å². The summed E-state index contributed by atoms with van der Waals surface area (Å²) < 4.78 is 5.71. The molecular formula is C17H20N2O. The van der Waals surface area contributed by atoms with E-state index in [9.17, 15) is 0 Å². The van der Waals surface area contributed by atoms with E-state index in [2.05, 4.69) is 60.7 Å². The fourth-order valence-electron chi connectivity index (χ4n) is 2.53. The second-order valence-electron chi connectivity index (χ2n) is 5.37. The molecule has 0 spiro atoms. The zero-order chi connectivity index (χ0) is 13.9. The fourth-order valence-corrected chi connectivity index (χ4v) is 2.53. The largest absolute Gasteiger partial charge is 0.493 e. The number of para-hydroxylation sites is 1. The Bertz CT molecular complexity index is 595. The minimum Gasteiger partial charge on any atom is -0.493 e. The Balaban J connectivity index is 1.67. The molecule has 1 unspecified atom stereocenters. The Morgan fingerprint density at radius 2 is 2.00 bits per heavy atom. The van der Waals surface area contributed by atoms with Crippen LogP contribution < -0.4 is 15.0 Å². The number of rotatable bonds is 4. The van der Waals surface area contributed by atoms with E-state index in [0.29, 0.717) is 5.92 Å². The third-order valence-electron chi connectivity index (χ3n) is 3.71. The van der Waals surface area contributed by atoms with Crippen LogP contribution in [0.1, 0.15) is 11.5 Å². The van der Waals surface area contributed by atoms with Crippen molar-refractivity contribution >= 4 is 11.4 Å². The highest BCUT2D eigenvalue weighted by Gasteiger charge is 2.23. The van der Waals surface area contributed by atoms with Crippen LogP contribution in [-0.4, -0.2) is 27.2 Å². The van der Waals surface area contributed by atoms with E-state index in [0.717, 1.165) is 24.6 Å². The minimum absolute atomic E-state index is 0.425. The molecule has 0 bridgehead atoms. The molecule has 0 aromatic heterocycles. The lowest BCUT2D eigenvalue weighted by Crippen LogP contribution is -2.14. The second kappa shape index (κ2) is 5.45. The van der Waals surface area contributed by atoms with Crippen LogP contribution in [0.2, 0.25) is 0 Å². The highest BCUT2D eigenvalue weighted by molar-refractivity contribution is 5.57. The van der Waals surface area contributed by atoms with Crippen molar-refractivity contribution in [2.45, 2.75) is 5.92 Å². The molecule has 0 radical (unpaired) electrons. The Labute approximate surface area is 120 Å². The summed E-state index contributed by atoms with van der Waals surface area (Å²) in [4.78, 5) is 2.11. The van der Waals surface area contributed by atoms with E-state index in [4.69, 9.17) is 4.74 Å². The number of nitrogens with zero attached hydrogens (tertiary/aromatic N) is 1. The van der Waals surface area contributed by atoms with E-state index < -0.39 is 0 Å². The first-order valence-corrected chi connectivity index (χ1v) is 6.97. The summed E-state index contributed by atoms with van der Waals surface area (Å²) in [7, 11) is 4.11. The van der Waals surface area contributed by atoms with Gasteiger partial charge >= 0.3 is 0 Å². The summed E-state index contributed by atoms with van der Waals surface area (Å²) >= 11 is 0. The molecule has 0 saturated carbocycles. The summed E-state index contributed by atoms with van der Waals surface area (Å²) in [5, 5.41) is 3.52. The van der Waals surface area contributed by atoms with Gasteiger partial charge in [-0.05, 0) is 24.3 Å². The van der Waals surface area contributed by atoms with Gasteiger partial charge in [0.15, 0.2) is 0 Å². The highest BCUT2D eigenvalue weighted by Crippen LogP contribution is 2.33. The van der Waals surface area contributed by atoms with E-state index in [1.165, 1.54) is 11.3 Å². The molecule has 3 rings (SSSR count). The lowest BCUT2D eigenvalue weighted by molar-refractivity contribution is 0.334. The van der Waals surface area contributed by atoms with Crippen LogP contribution in [0.3, 0.4) is 0 Å². The van der Waals surface area contributed by atoms with E-state index in [1.54, 1.807) is 0 Å². The average molecular weight is 268 g/mol. The first kappa shape index (κ1) is 12.9. The van der Waals surface area contributed by atoms with Crippen molar-refractivity contribution in [3.05, 3.63) is 54.1 Å². The van der Waals surface area contributed by atoms with E-state index in [1.807, 2.05) is 12.1 Å². The van der Waals surface area contributed by atoms with Crippen LogP contribution in [-0.2, 0) is 0 Å². The molecule has 1 aliphatic heterocycles. The molecule has 1 N–H and O–H groups in total. The number of fused-ring (bicyclic) bond motifs is 1. The Hall–Kier alpha value is -2.16. The molecule has 1 atom stereocenters. The van der Waals surface area contributed by atoms with Gasteiger partial charge in [-0.2, -0.15) is 0 Å². The summed E-state index contributed by atoms with van der Waals surface area (Å²) in [5.41, 5.74) is 3.67. The van der Waals surface area contributed by atoms with Gasteiger partial charge in [0.2, 0.25) is 0 Å². The molecule has 0 saturated heterocycles. The van der Waals surface area contributed by atoms with Gasteiger partial charge in [0, 0.05) is 43.5 Å². The lowest BCUT2D eigenvalue weighted by Gasteiger charge is -2.16. The highest BCUT2D eigenvalue weighted by atomic mass is 16.5. The number of hydrogen-bond donors (Lipinski definition) is 1. The molecule has 2 aromatic rings. The molecule has 0 amide bonds. The van der Waals surface area contributed by atoms with Gasteiger partial charge in [-0.25, -0.2) is 0 Å².